The molecule has 0 aliphatic carbocycles. The second-order valence-electron chi connectivity index (χ2n) is 9.15. The minimum atomic E-state index is -1.49. The Kier molecular flexibility index (Phi) is 6.88. The number of amides is 1. The molecule has 0 saturated carbocycles. The van der Waals surface area contributed by atoms with Gasteiger partial charge in [-0.2, -0.15) is 0 Å². The number of hydrogen-bond donors (Lipinski definition) is 1. The van der Waals surface area contributed by atoms with Crippen LogP contribution in [0.2, 0.25) is 0 Å². The van der Waals surface area contributed by atoms with Gasteiger partial charge >= 0.3 is 0 Å². The molecule has 1 atom stereocenters. The summed E-state index contributed by atoms with van der Waals surface area (Å²) in [5, 5.41) is 0.930. The number of aromatic nitrogens is 1. The number of pyridine rings is 1. The zero-order chi connectivity index (χ0) is 23.4. The molecular weight excluding hydrogens is 434 g/mol. The van der Waals surface area contributed by atoms with Gasteiger partial charge in [0.05, 0.1) is 10.4 Å². The van der Waals surface area contributed by atoms with Gasteiger partial charge in [0.1, 0.15) is 6.29 Å². The van der Waals surface area contributed by atoms with Gasteiger partial charge in [0.2, 0.25) is 0 Å². The molecule has 6 nitrogen and oxygen atoms in total. The second-order valence-corrected chi connectivity index (χ2v) is 10.3. The summed E-state index contributed by atoms with van der Waals surface area (Å²) >= 11 is 0. The summed E-state index contributed by atoms with van der Waals surface area (Å²) in [7, 11) is -1.49. The van der Waals surface area contributed by atoms with Crippen molar-refractivity contribution in [3.05, 3.63) is 66.4 Å². The van der Waals surface area contributed by atoms with Crippen molar-refractivity contribution in [1.82, 2.24) is 9.88 Å². The number of nitrogens with one attached hydrogen (secondary N) is 1. The molecule has 1 fully saturated rings. The smallest absolute Gasteiger partial charge is 0.253 e. The van der Waals surface area contributed by atoms with Crippen molar-refractivity contribution in [2.45, 2.75) is 38.0 Å². The maximum absolute atomic E-state index is 13.0. The van der Waals surface area contributed by atoms with Crippen LogP contribution in [0.5, 0.6) is 0 Å². The number of nitrogens with zero attached hydrogens (tertiary/aromatic N) is 2. The zero-order valence-corrected chi connectivity index (χ0v) is 19.8. The summed E-state index contributed by atoms with van der Waals surface area (Å²) in [5.41, 5.74) is 1.64. The Morgan fingerprint density at radius 3 is 2.48 bits per heavy atom. The number of likely N-dealkylation sites (tertiary alicyclic amines) is 1. The highest BCUT2D eigenvalue weighted by molar-refractivity contribution is 7.86. The fourth-order valence-corrected chi connectivity index (χ4v) is 5.60. The monoisotopic (exact) mass is 463 g/mol. The maximum Gasteiger partial charge on any atom is 0.253 e. The average Bonchev–Trinajstić information content (AvgIpc) is 2.83. The van der Waals surface area contributed by atoms with Crippen LogP contribution < -0.4 is 4.72 Å². The molecule has 4 rings (SSSR count). The van der Waals surface area contributed by atoms with Crippen LogP contribution in [0.25, 0.3) is 10.9 Å². The van der Waals surface area contributed by atoms with Crippen molar-refractivity contribution in [1.29, 1.82) is 0 Å². The van der Waals surface area contributed by atoms with Crippen molar-refractivity contribution < 1.29 is 13.8 Å². The molecule has 1 unspecified atom stereocenters. The van der Waals surface area contributed by atoms with Gasteiger partial charge in [-0.3, -0.25) is 9.78 Å². The van der Waals surface area contributed by atoms with E-state index in [0.29, 0.717) is 53.5 Å². The largest absolute Gasteiger partial charge is 0.339 e. The molecule has 0 spiro atoms. The summed E-state index contributed by atoms with van der Waals surface area (Å²) in [4.78, 5) is 31.5. The zero-order valence-electron chi connectivity index (χ0n) is 19.0. The van der Waals surface area contributed by atoms with Crippen molar-refractivity contribution in [2.75, 3.05) is 17.8 Å². The first-order valence-corrected chi connectivity index (χ1v) is 12.4. The van der Waals surface area contributed by atoms with Crippen LogP contribution in [0.4, 0.5) is 5.69 Å². The molecule has 1 aromatic heterocycles. The highest BCUT2D eigenvalue weighted by atomic mass is 32.2. The number of hydrogen-bond acceptors (Lipinski definition) is 4. The van der Waals surface area contributed by atoms with E-state index in [1.54, 1.807) is 36.5 Å². The van der Waals surface area contributed by atoms with Gasteiger partial charge in [0.25, 0.3) is 5.91 Å². The molecule has 3 aromatic rings. The van der Waals surface area contributed by atoms with Crippen LogP contribution in [-0.4, -0.2) is 39.4 Å². The molecule has 33 heavy (non-hydrogen) atoms. The summed E-state index contributed by atoms with van der Waals surface area (Å²) < 4.78 is 15.9. The van der Waals surface area contributed by atoms with E-state index < -0.39 is 11.0 Å². The predicted molar refractivity (Wildman–Crippen MR) is 131 cm³/mol. The Morgan fingerprint density at radius 1 is 1.12 bits per heavy atom. The van der Waals surface area contributed by atoms with Gasteiger partial charge in [-0.15, -0.1) is 0 Å². The Labute approximate surface area is 197 Å². The molecule has 1 amide bonds. The van der Waals surface area contributed by atoms with E-state index in [9.17, 15) is 13.8 Å². The van der Waals surface area contributed by atoms with Crippen molar-refractivity contribution in [3.8, 4) is 0 Å². The van der Waals surface area contributed by atoms with Gasteiger partial charge < -0.3 is 14.4 Å². The van der Waals surface area contributed by atoms with E-state index in [-0.39, 0.29) is 11.3 Å². The van der Waals surface area contributed by atoms with E-state index in [4.69, 9.17) is 0 Å². The summed E-state index contributed by atoms with van der Waals surface area (Å²) in [6, 6.07) is 16.4. The van der Waals surface area contributed by atoms with Gasteiger partial charge in [-0.1, -0.05) is 32.0 Å². The Morgan fingerprint density at radius 2 is 1.82 bits per heavy atom. The standard InChI is InChI=1S/C26H29N3O3S/c1-19(2)17-26(18-30)12-15-29(16-13-26)25(31)21-8-10-22(11-9-21)28-33(32)23-7-3-5-20-6-4-14-27-24(20)23/h3-11,14,18-19,28H,12-13,15-17H2,1-2H3. The van der Waals surface area contributed by atoms with Crippen molar-refractivity contribution in [2.24, 2.45) is 11.3 Å². The number of carbonyl (C=O) groups excluding carboxylic acids is 2. The quantitative estimate of drug-likeness (QED) is 0.509. The fourth-order valence-electron chi connectivity index (χ4n) is 4.59. The lowest BCUT2D eigenvalue weighted by atomic mass is 9.74. The van der Waals surface area contributed by atoms with Gasteiger partial charge in [0, 0.05) is 41.3 Å². The number of aldehydes is 1. The SMILES string of the molecule is CC(C)CC1(C=O)CCN(C(=O)c2ccc(NS(=O)c3cccc4cccnc34)cc2)CC1. The number of carbonyl (C=O) groups is 2. The van der Waals surface area contributed by atoms with Crippen LogP contribution >= 0.6 is 0 Å². The maximum atomic E-state index is 13.0. The first-order chi connectivity index (χ1) is 15.9. The lowest BCUT2D eigenvalue weighted by Gasteiger charge is -2.39. The lowest BCUT2D eigenvalue weighted by Crippen LogP contribution is -2.44. The number of piperidine rings is 1. The lowest BCUT2D eigenvalue weighted by molar-refractivity contribution is -0.119. The van der Waals surface area contributed by atoms with E-state index in [1.807, 2.05) is 29.2 Å². The number of benzene rings is 2. The molecule has 1 N–H and O–H groups in total. The summed E-state index contributed by atoms with van der Waals surface area (Å²) in [6.45, 7) is 5.43. The highest BCUT2D eigenvalue weighted by Crippen LogP contribution is 2.36. The minimum absolute atomic E-state index is 0.0371. The third-order valence-corrected chi connectivity index (χ3v) is 7.40. The van der Waals surface area contributed by atoms with E-state index in [0.717, 1.165) is 18.1 Å². The Bertz CT molecular complexity index is 1160. The minimum Gasteiger partial charge on any atom is -0.339 e. The normalized spacial score (nSPS) is 16.5. The predicted octanol–water partition coefficient (Wildman–Crippen LogP) is 4.84. The fraction of sp³-hybridized carbons (Fsp3) is 0.346. The number of rotatable bonds is 7. The third-order valence-electron chi connectivity index (χ3n) is 6.25. The van der Waals surface area contributed by atoms with E-state index in [1.165, 1.54) is 0 Å². The molecule has 0 radical (unpaired) electrons. The van der Waals surface area contributed by atoms with Gasteiger partial charge in [-0.25, -0.2) is 4.21 Å². The van der Waals surface area contributed by atoms with Crippen LogP contribution in [-0.2, 0) is 15.8 Å². The molecule has 2 aromatic carbocycles. The van der Waals surface area contributed by atoms with Crippen LogP contribution in [0, 0.1) is 11.3 Å². The summed E-state index contributed by atoms with van der Waals surface area (Å²) in [5.74, 6) is 0.415. The molecule has 172 valence electrons. The topological polar surface area (TPSA) is 79.4 Å². The molecule has 2 heterocycles. The van der Waals surface area contributed by atoms with Gasteiger partial charge in [0.15, 0.2) is 11.0 Å². The van der Waals surface area contributed by atoms with Crippen LogP contribution in [0.1, 0.15) is 43.5 Å². The number of anilines is 1. The van der Waals surface area contributed by atoms with Gasteiger partial charge in [-0.05, 0) is 61.6 Å². The summed E-state index contributed by atoms with van der Waals surface area (Å²) in [6.07, 6.45) is 5.06. The van der Waals surface area contributed by atoms with E-state index >= 15 is 0 Å². The molecule has 7 heteroatoms. The van der Waals surface area contributed by atoms with Crippen molar-refractivity contribution >= 4 is 39.8 Å². The first kappa shape index (κ1) is 23.1. The molecule has 1 aliphatic rings. The third kappa shape index (κ3) is 5.14. The van der Waals surface area contributed by atoms with Crippen molar-refractivity contribution in [3.63, 3.8) is 0 Å². The molecular formula is C26H29N3O3S. The van der Waals surface area contributed by atoms with Crippen LogP contribution in [0.3, 0.4) is 0 Å². The molecule has 1 aliphatic heterocycles. The molecule has 1 saturated heterocycles. The first-order valence-electron chi connectivity index (χ1n) is 11.3. The van der Waals surface area contributed by atoms with Crippen LogP contribution in [0.15, 0.2) is 65.7 Å². The number of para-hydroxylation sites is 1. The highest BCUT2D eigenvalue weighted by Gasteiger charge is 2.36. The number of fused-ring (bicyclic) bond motifs is 1. The Hall–Kier alpha value is -3.06. The average molecular weight is 464 g/mol. The van der Waals surface area contributed by atoms with E-state index in [2.05, 4.69) is 23.6 Å². The Balaban J connectivity index is 1.41. The second kappa shape index (κ2) is 9.83. The molecule has 0 bridgehead atoms.